The van der Waals surface area contributed by atoms with E-state index in [1.165, 1.54) is 7.11 Å². The Bertz CT molecular complexity index is 456. The lowest BCUT2D eigenvalue weighted by Crippen LogP contribution is -2.41. The molecule has 0 unspecified atom stereocenters. The Morgan fingerprint density at radius 2 is 2.15 bits per heavy atom. The molecular formula is C15H24N2O3. The van der Waals surface area contributed by atoms with E-state index in [0.717, 1.165) is 12.0 Å². The first-order chi connectivity index (χ1) is 9.46. The number of carbonyl (C=O) groups excluding carboxylic acids is 1. The van der Waals surface area contributed by atoms with Gasteiger partial charge in [0.25, 0.3) is 5.91 Å². The fourth-order valence-electron chi connectivity index (χ4n) is 1.64. The van der Waals surface area contributed by atoms with Gasteiger partial charge in [-0.1, -0.05) is 13.8 Å². The van der Waals surface area contributed by atoms with Crippen molar-refractivity contribution in [2.24, 2.45) is 0 Å². The lowest BCUT2D eigenvalue weighted by Gasteiger charge is -2.25. The van der Waals surface area contributed by atoms with Crippen LogP contribution in [0.4, 0.5) is 5.69 Å². The van der Waals surface area contributed by atoms with E-state index < -0.39 is 5.60 Å². The second kappa shape index (κ2) is 7.24. The summed E-state index contributed by atoms with van der Waals surface area (Å²) in [6.45, 7) is 8.26. The van der Waals surface area contributed by atoms with Crippen LogP contribution in [0.15, 0.2) is 12.3 Å². The van der Waals surface area contributed by atoms with Gasteiger partial charge in [0, 0.05) is 12.7 Å². The molecule has 0 radical (unpaired) electrons. The van der Waals surface area contributed by atoms with Crippen molar-refractivity contribution in [2.45, 2.75) is 46.1 Å². The monoisotopic (exact) mass is 280 g/mol. The molecular weight excluding hydrogens is 256 g/mol. The van der Waals surface area contributed by atoms with Crippen LogP contribution in [-0.2, 0) is 9.53 Å². The van der Waals surface area contributed by atoms with Crippen molar-refractivity contribution >= 4 is 11.6 Å². The van der Waals surface area contributed by atoms with Crippen molar-refractivity contribution in [1.29, 1.82) is 0 Å². The molecule has 0 aromatic carbocycles. The molecule has 112 valence electrons. The van der Waals surface area contributed by atoms with Crippen LogP contribution in [0, 0.1) is 6.92 Å². The van der Waals surface area contributed by atoms with Crippen molar-refractivity contribution in [3.63, 3.8) is 0 Å². The first kappa shape index (κ1) is 16.4. The van der Waals surface area contributed by atoms with Gasteiger partial charge in [-0.05, 0) is 32.8 Å². The summed E-state index contributed by atoms with van der Waals surface area (Å²) >= 11 is 0. The number of aryl methyl sites for hydroxylation is 1. The first-order valence-electron chi connectivity index (χ1n) is 6.92. The summed E-state index contributed by atoms with van der Waals surface area (Å²) in [7, 11) is 1.54. The number of hydrogen-bond donors (Lipinski definition) is 1. The number of pyridine rings is 1. The fraction of sp³-hybridized carbons (Fsp3) is 0.600. The summed E-state index contributed by atoms with van der Waals surface area (Å²) in [5, 5.41) is 2.83. The minimum absolute atomic E-state index is 0.175. The second-order valence-electron chi connectivity index (χ2n) is 4.94. The standard InChI is InChI=1S/C15H24N2O3/c1-6-8-20-13-11(3)9-12(10-16-13)17-14(18)15(4,7-2)19-5/h9-10H,6-8H2,1-5H3,(H,17,18)/t15-/m0/s1. The SMILES string of the molecule is CCCOc1ncc(NC(=O)[C@](C)(CC)OC)cc1C. The topological polar surface area (TPSA) is 60.5 Å². The molecule has 0 aliphatic rings. The summed E-state index contributed by atoms with van der Waals surface area (Å²) in [5.74, 6) is 0.431. The number of carbonyl (C=O) groups is 1. The number of nitrogens with zero attached hydrogens (tertiary/aromatic N) is 1. The number of anilines is 1. The number of rotatable bonds is 7. The number of hydrogen-bond acceptors (Lipinski definition) is 4. The zero-order chi connectivity index (χ0) is 15.2. The van der Waals surface area contributed by atoms with Gasteiger partial charge >= 0.3 is 0 Å². The third-order valence-electron chi connectivity index (χ3n) is 3.34. The van der Waals surface area contributed by atoms with E-state index in [0.29, 0.717) is 24.6 Å². The highest BCUT2D eigenvalue weighted by Crippen LogP contribution is 2.21. The van der Waals surface area contributed by atoms with Gasteiger partial charge in [-0.3, -0.25) is 4.79 Å². The van der Waals surface area contributed by atoms with E-state index in [-0.39, 0.29) is 5.91 Å². The van der Waals surface area contributed by atoms with Gasteiger partial charge in [0.1, 0.15) is 5.60 Å². The first-order valence-corrected chi connectivity index (χ1v) is 6.92. The molecule has 1 atom stereocenters. The van der Waals surface area contributed by atoms with Gasteiger partial charge in [0.15, 0.2) is 0 Å². The number of aromatic nitrogens is 1. The predicted octanol–water partition coefficient (Wildman–Crippen LogP) is 2.93. The van der Waals surface area contributed by atoms with Crippen molar-refractivity contribution in [2.75, 3.05) is 19.0 Å². The Balaban J connectivity index is 2.79. The maximum absolute atomic E-state index is 12.2. The van der Waals surface area contributed by atoms with Crippen LogP contribution in [0.25, 0.3) is 0 Å². The Labute approximate surface area is 120 Å². The molecule has 0 saturated heterocycles. The van der Waals surface area contributed by atoms with Gasteiger partial charge in [-0.2, -0.15) is 0 Å². The van der Waals surface area contributed by atoms with E-state index in [9.17, 15) is 4.79 Å². The molecule has 0 bridgehead atoms. The molecule has 5 nitrogen and oxygen atoms in total. The molecule has 0 fully saturated rings. The van der Waals surface area contributed by atoms with Gasteiger partial charge in [0.05, 0.1) is 18.5 Å². The van der Waals surface area contributed by atoms with Gasteiger partial charge < -0.3 is 14.8 Å². The third-order valence-corrected chi connectivity index (χ3v) is 3.34. The molecule has 0 spiro atoms. The smallest absolute Gasteiger partial charge is 0.256 e. The van der Waals surface area contributed by atoms with E-state index in [1.54, 1.807) is 13.1 Å². The van der Waals surface area contributed by atoms with Crippen molar-refractivity contribution < 1.29 is 14.3 Å². The van der Waals surface area contributed by atoms with E-state index in [1.807, 2.05) is 26.8 Å². The highest BCUT2D eigenvalue weighted by Gasteiger charge is 2.31. The van der Waals surface area contributed by atoms with E-state index in [2.05, 4.69) is 10.3 Å². The summed E-state index contributed by atoms with van der Waals surface area (Å²) in [4.78, 5) is 16.4. The minimum Gasteiger partial charge on any atom is -0.477 e. The lowest BCUT2D eigenvalue weighted by molar-refractivity contribution is -0.136. The third kappa shape index (κ3) is 3.93. The van der Waals surface area contributed by atoms with Crippen LogP contribution < -0.4 is 10.1 Å². The Morgan fingerprint density at radius 3 is 2.65 bits per heavy atom. The van der Waals surface area contributed by atoms with Gasteiger partial charge in [-0.15, -0.1) is 0 Å². The highest BCUT2D eigenvalue weighted by molar-refractivity contribution is 5.96. The molecule has 20 heavy (non-hydrogen) atoms. The van der Waals surface area contributed by atoms with Crippen LogP contribution >= 0.6 is 0 Å². The maximum atomic E-state index is 12.2. The average Bonchev–Trinajstić information content (AvgIpc) is 2.45. The zero-order valence-electron chi connectivity index (χ0n) is 12.9. The van der Waals surface area contributed by atoms with Gasteiger partial charge in [-0.25, -0.2) is 4.98 Å². The van der Waals surface area contributed by atoms with Crippen LogP contribution in [0.3, 0.4) is 0 Å². The normalized spacial score (nSPS) is 13.7. The van der Waals surface area contributed by atoms with Crippen LogP contribution in [0.1, 0.15) is 39.2 Å². The summed E-state index contributed by atoms with van der Waals surface area (Å²) in [5.41, 5.74) is 0.714. The van der Waals surface area contributed by atoms with E-state index in [4.69, 9.17) is 9.47 Å². The molecule has 0 aliphatic heterocycles. The number of ether oxygens (including phenoxy) is 2. The molecule has 1 aromatic rings. The summed E-state index contributed by atoms with van der Waals surface area (Å²) in [6.07, 6.45) is 3.13. The fourth-order valence-corrected chi connectivity index (χ4v) is 1.64. The molecule has 1 N–H and O–H groups in total. The predicted molar refractivity (Wildman–Crippen MR) is 79.1 cm³/mol. The second-order valence-corrected chi connectivity index (χ2v) is 4.94. The molecule has 1 heterocycles. The van der Waals surface area contributed by atoms with Crippen molar-refractivity contribution in [1.82, 2.24) is 4.98 Å². The number of amides is 1. The summed E-state index contributed by atoms with van der Waals surface area (Å²) < 4.78 is 10.8. The minimum atomic E-state index is -0.828. The molecule has 1 rings (SSSR count). The molecule has 1 aromatic heterocycles. The maximum Gasteiger partial charge on any atom is 0.256 e. The number of methoxy groups -OCH3 is 1. The van der Waals surface area contributed by atoms with Crippen LogP contribution in [0.5, 0.6) is 5.88 Å². The Morgan fingerprint density at radius 1 is 1.45 bits per heavy atom. The van der Waals surface area contributed by atoms with Gasteiger partial charge in [0.2, 0.25) is 5.88 Å². The Kier molecular flexibility index (Phi) is 5.95. The zero-order valence-corrected chi connectivity index (χ0v) is 12.9. The lowest BCUT2D eigenvalue weighted by atomic mass is 10.0. The largest absolute Gasteiger partial charge is 0.477 e. The van der Waals surface area contributed by atoms with Crippen molar-refractivity contribution in [3.8, 4) is 5.88 Å². The Hall–Kier alpha value is -1.62. The summed E-state index contributed by atoms with van der Waals surface area (Å²) in [6, 6.07) is 1.85. The molecule has 0 aliphatic carbocycles. The van der Waals surface area contributed by atoms with Crippen molar-refractivity contribution in [3.05, 3.63) is 17.8 Å². The average molecular weight is 280 g/mol. The molecule has 5 heteroatoms. The van der Waals surface area contributed by atoms with E-state index >= 15 is 0 Å². The highest BCUT2D eigenvalue weighted by atomic mass is 16.5. The molecule has 1 amide bonds. The number of nitrogens with one attached hydrogen (secondary N) is 1. The molecule has 0 saturated carbocycles. The van der Waals surface area contributed by atoms with Crippen LogP contribution in [0.2, 0.25) is 0 Å². The van der Waals surface area contributed by atoms with Crippen LogP contribution in [-0.4, -0.2) is 30.2 Å². The quantitative estimate of drug-likeness (QED) is 0.834.